The van der Waals surface area contributed by atoms with Crippen LogP contribution in [0.15, 0.2) is 28.9 Å². The van der Waals surface area contributed by atoms with Gasteiger partial charge in [0.2, 0.25) is 0 Å². The summed E-state index contributed by atoms with van der Waals surface area (Å²) in [5, 5.41) is 10.1. The molecule has 0 unspecified atom stereocenters. The summed E-state index contributed by atoms with van der Waals surface area (Å²) in [4.78, 5) is 17.9. The normalized spacial score (nSPS) is 16.1. The Morgan fingerprint density at radius 1 is 1.21 bits per heavy atom. The SMILES string of the molecule is O=C(O)N1CCN(c2c(Br)ccc3cc[nH]c23)CC1. The predicted molar refractivity (Wildman–Crippen MR) is 77.8 cm³/mol. The number of benzene rings is 1. The summed E-state index contributed by atoms with van der Waals surface area (Å²) in [5.74, 6) is 0. The Morgan fingerprint density at radius 3 is 2.63 bits per heavy atom. The fourth-order valence-corrected chi connectivity index (χ4v) is 3.10. The molecule has 100 valence electrons. The second kappa shape index (κ2) is 4.77. The number of rotatable bonds is 1. The molecular weight excluding hydrogens is 310 g/mol. The number of H-pyrrole nitrogens is 1. The number of nitrogens with zero attached hydrogens (tertiary/aromatic N) is 2. The minimum absolute atomic E-state index is 0.541. The van der Waals surface area contributed by atoms with Crippen molar-refractivity contribution in [2.75, 3.05) is 31.1 Å². The summed E-state index contributed by atoms with van der Waals surface area (Å²) < 4.78 is 1.03. The first-order valence-corrected chi connectivity index (χ1v) is 6.94. The Bertz CT molecular complexity index is 617. The number of carbonyl (C=O) groups is 1. The fraction of sp³-hybridized carbons (Fsp3) is 0.308. The first-order chi connectivity index (χ1) is 9.16. The molecule has 1 aliphatic heterocycles. The van der Waals surface area contributed by atoms with Crippen molar-refractivity contribution in [3.63, 3.8) is 0 Å². The molecule has 5 nitrogen and oxygen atoms in total. The van der Waals surface area contributed by atoms with E-state index in [1.165, 1.54) is 10.3 Å². The number of aromatic amines is 1. The van der Waals surface area contributed by atoms with Crippen LogP contribution in [0.3, 0.4) is 0 Å². The van der Waals surface area contributed by atoms with Crippen molar-refractivity contribution in [1.82, 2.24) is 9.88 Å². The molecule has 1 aromatic carbocycles. The van der Waals surface area contributed by atoms with Crippen molar-refractivity contribution in [2.45, 2.75) is 0 Å². The summed E-state index contributed by atoms with van der Waals surface area (Å²) in [6, 6.07) is 6.14. The summed E-state index contributed by atoms with van der Waals surface area (Å²) in [6.07, 6.45) is 1.09. The van der Waals surface area contributed by atoms with E-state index in [-0.39, 0.29) is 0 Å². The van der Waals surface area contributed by atoms with E-state index in [4.69, 9.17) is 5.11 Å². The van der Waals surface area contributed by atoms with E-state index < -0.39 is 6.09 Å². The Kier molecular flexibility index (Phi) is 3.10. The molecule has 19 heavy (non-hydrogen) atoms. The van der Waals surface area contributed by atoms with Gasteiger partial charge in [0.1, 0.15) is 0 Å². The third kappa shape index (κ3) is 2.16. The molecule has 0 atom stereocenters. The van der Waals surface area contributed by atoms with Gasteiger partial charge in [-0.05, 0) is 28.1 Å². The Morgan fingerprint density at radius 2 is 1.95 bits per heavy atom. The molecule has 1 aromatic heterocycles. The number of carboxylic acid groups (broad SMARTS) is 1. The summed E-state index contributed by atoms with van der Waals surface area (Å²) >= 11 is 3.59. The topological polar surface area (TPSA) is 59.6 Å². The smallest absolute Gasteiger partial charge is 0.407 e. The molecule has 0 bridgehead atoms. The molecule has 0 saturated carbocycles. The highest BCUT2D eigenvalue weighted by Gasteiger charge is 2.23. The average molecular weight is 324 g/mol. The largest absolute Gasteiger partial charge is 0.465 e. The Labute approximate surface area is 118 Å². The Balaban J connectivity index is 1.91. The third-order valence-corrected chi connectivity index (χ3v) is 4.16. The molecule has 1 aliphatic rings. The van der Waals surface area contributed by atoms with Crippen LogP contribution in [-0.2, 0) is 0 Å². The van der Waals surface area contributed by atoms with Crippen molar-refractivity contribution < 1.29 is 9.90 Å². The zero-order chi connectivity index (χ0) is 13.4. The number of halogens is 1. The monoisotopic (exact) mass is 323 g/mol. The van der Waals surface area contributed by atoms with E-state index >= 15 is 0 Å². The minimum atomic E-state index is -0.836. The van der Waals surface area contributed by atoms with Gasteiger partial charge in [-0.1, -0.05) is 6.07 Å². The molecule has 2 heterocycles. The lowest BCUT2D eigenvalue weighted by atomic mass is 10.2. The van der Waals surface area contributed by atoms with E-state index in [0.29, 0.717) is 26.2 Å². The predicted octanol–water partition coefficient (Wildman–Crippen LogP) is 2.73. The van der Waals surface area contributed by atoms with Gasteiger partial charge in [0.05, 0.1) is 11.2 Å². The van der Waals surface area contributed by atoms with E-state index in [1.807, 2.05) is 18.3 Å². The quantitative estimate of drug-likeness (QED) is 0.848. The third-order valence-electron chi connectivity index (χ3n) is 3.52. The number of hydrogen-bond donors (Lipinski definition) is 2. The van der Waals surface area contributed by atoms with E-state index in [1.54, 1.807) is 0 Å². The average Bonchev–Trinajstić information content (AvgIpc) is 2.87. The fourth-order valence-electron chi connectivity index (χ4n) is 2.52. The van der Waals surface area contributed by atoms with Crippen LogP contribution in [0.1, 0.15) is 0 Å². The Hall–Kier alpha value is -1.69. The zero-order valence-corrected chi connectivity index (χ0v) is 11.9. The number of hydrogen-bond acceptors (Lipinski definition) is 2. The number of aromatic nitrogens is 1. The van der Waals surface area contributed by atoms with Crippen LogP contribution in [-0.4, -0.2) is 47.3 Å². The number of nitrogens with one attached hydrogen (secondary N) is 1. The van der Waals surface area contributed by atoms with Crippen LogP contribution in [0.2, 0.25) is 0 Å². The van der Waals surface area contributed by atoms with Crippen molar-refractivity contribution in [2.24, 2.45) is 0 Å². The van der Waals surface area contributed by atoms with Crippen LogP contribution in [0.5, 0.6) is 0 Å². The molecular formula is C13H14BrN3O2. The number of fused-ring (bicyclic) bond motifs is 1. The molecule has 2 aromatic rings. The molecule has 0 aliphatic carbocycles. The van der Waals surface area contributed by atoms with Crippen LogP contribution in [0.25, 0.3) is 10.9 Å². The standard InChI is InChI=1S/C13H14BrN3O2/c14-10-2-1-9-3-4-15-11(9)12(10)16-5-7-17(8-6-16)13(18)19/h1-4,15H,5-8H2,(H,18,19). The van der Waals surface area contributed by atoms with E-state index in [2.05, 4.69) is 31.9 Å². The van der Waals surface area contributed by atoms with E-state index in [0.717, 1.165) is 15.7 Å². The van der Waals surface area contributed by atoms with Gasteiger partial charge in [0.25, 0.3) is 0 Å². The van der Waals surface area contributed by atoms with E-state index in [9.17, 15) is 4.79 Å². The van der Waals surface area contributed by atoms with Crippen molar-refractivity contribution in [1.29, 1.82) is 0 Å². The van der Waals surface area contributed by atoms with Crippen LogP contribution >= 0.6 is 15.9 Å². The van der Waals surface area contributed by atoms with Gasteiger partial charge in [-0.3, -0.25) is 0 Å². The maximum Gasteiger partial charge on any atom is 0.407 e. The molecule has 2 N–H and O–H groups in total. The summed E-state index contributed by atoms with van der Waals surface area (Å²) in [7, 11) is 0. The molecule has 1 amide bonds. The first kappa shape index (κ1) is 12.3. The van der Waals surface area contributed by atoms with Crippen LogP contribution < -0.4 is 4.90 Å². The lowest BCUT2D eigenvalue weighted by Gasteiger charge is -2.35. The summed E-state index contributed by atoms with van der Waals surface area (Å²) in [5.41, 5.74) is 2.21. The van der Waals surface area contributed by atoms with Crippen LogP contribution in [0, 0.1) is 0 Å². The lowest BCUT2D eigenvalue weighted by molar-refractivity contribution is 0.142. The number of piperazine rings is 1. The molecule has 0 spiro atoms. The number of anilines is 1. The van der Waals surface area contributed by atoms with Gasteiger partial charge in [-0.15, -0.1) is 0 Å². The van der Waals surface area contributed by atoms with Crippen molar-refractivity contribution in [3.05, 3.63) is 28.9 Å². The van der Waals surface area contributed by atoms with Crippen LogP contribution in [0.4, 0.5) is 10.5 Å². The van der Waals surface area contributed by atoms with Gasteiger partial charge < -0.3 is 19.9 Å². The molecule has 0 radical (unpaired) electrons. The molecule has 3 rings (SSSR count). The molecule has 1 saturated heterocycles. The highest BCUT2D eigenvalue weighted by Crippen LogP contribution is 2.34. The molecule has 1 fully saturated rings. The highest BCUT2D eigenvalue weighted by atomic mass is 79.9. The van der Waals surface area contributed by atoms with Crippen molar-refractivity contribution >= 4 is 38.6 Å². The second-order valence-corrected chi connectivity index (χ2v) is 5.45. The maximum absolute atomic E-state index is 10.9. The van der Waals surface area contributed by atoms with Gasteiger partial charge in [0.15, 0.2) is 0 Å². The van der Waals surface area contributed by atoms with Gasteiger partial charge >= 0.3 is 6.09 Å². The first-order valence-electron chi connectivity index (χ1n) is 6.15. The zero-order valence-electron chi connectivity index (χ0n) is 10.3. The lowest BCUT2D eigenvalue weighted by Crippen LogP contribution is -2.48. The maximum atomic E-state index is 10.9. The minimum Gasteiger partial charge on any atom is -0.465 e. The molecule has 6 heteroatoms. The summed E-state index contributed by atoms with van der Waals surface area (Å²) in [6.45, 7) is 2.50. The second-order valence-electron chi connectivity index (χ2n) is 4.59. The van der Waals surface area contributed by atoms with Gasteiger partial charge in [-0.25, -0.2) is 4.79 Å². The van der Waals surface area contributed by atoms with Gasteiger partial charge in [0, 0.05) is 42.2 Å². The highest BCUT2D eigenvalue weighted by molar-refractivity contribution is 9.10. The number of amides is 1. The van der Waals surface area contributed by atoms with Gasteiger partial charge in [-0.2, -0.15) is 0 Å². The van der Waals surface area contributed by atoms with Crippen molar-refractivity contribution in [3.8, 4) is 0 Å².